The van der Waals surface area contributed by atoms with Crippen molar-refractivity contribution >= 4 is 11.8 Å². The van der Waals surface area contributed by atoms with E-state index < -0.39 is 0 Å². The Morgan fingerprint density at radius 2 is 1.96 bits per heavy atom. The fourth-order valence-corrected chi connectivity index (χ4v) is 3.46. The predicted octanol–water partition coefficient (Wildman–Crippen LogP) is 4.83. The van der Waals surface area contributed by atoms with Crippen LogP contribution < -0.4 is 4.74 Å². The molecule has 2 aromatic heterocycles. The average molecular weight is 363 g/mol. The van der Waals surface area contributed by atoms with E-state index in [9.17, 15) is 0 Å². The van der Waals surface area contributed by atoms with E-state index in [4.69, 9.17) is 9.26 Å². The third kappa shape index (κ3) is 3.50. The van der Waals surface area contributed by atoms with Gasteiger partial charge in [0.1, 0.15) is 5.75 Å². The lowest BCUT2D eigenvalue weighted by atomic mass is 10.2. The van der Waals surface area contributed by atoms with Gasteiger partial charge in [-0.2, -0.15) is 0 Å². The standard InChI is InChI=1S/C20H17N3O2S/c1-24-18-9-5-8-17(13-18)23-11-10-21-20(23)26-14-16-12-19(25-22-16)15-6-3-2-4-7-15/h2-13H,14H2,1H3. The maximum atomic E-state index is 5.46. The first kappa shape index (κ1) is 16.5. The van der Waals surface area contributed by atoms with Gasteiger partial charge in [0.25, 0.3) is 0 Å². The van der Waals surface area contributed by atoms with Crippen LogP contribution in [0, 0.1) is 0 Å². The fraction of sp³-hybridized carbons (Fsp3) is 0.100. The van der Waals surface area contributed by atoms with Crippen molar-refractivity contribution in [3.8, 4) is 22.8 Å². The van der Waals surface area contributed by atoms with Gasteiger partial charge in [-0.1, -0.05) is 53.3 Å². The second-order valence-corrected chi connectivity index (χ2v) is 6.56. The molecule has 130 valence electrons. The molecule has 0 saturated heterocycles. The van der Waals surface area contributed by atoms with Crippen LogP contribution >= 0.6 is 11.8 Å². The smallest absolute Gasteiger partial charge is 0.172 e. The van der Waals surface area contributed by atoms with Crippen molar-refractivity contribution in [1.82, 2.24) is 14.7 Å². The Morgan fingerprint density at radius 1 is 1.08 bits per heavy atom. The van der Waals surface area contributed by atoms with Crippen molar-refractivity contribution in [3.63, 3.8) is 0 Å². The zero-order valence-corrected chi connectivity index (χ0v) is 15.0. The topological polar surface area (TPSA) is 53.1 Å². The van der Waals surface area contributed by atoms with E-state index in [0.29, 0.717) is 5.75 Å². The maximum Gasteiger partial charge on any atom is 0.172 e. The normalized spacial score (nSPS) is 10.8. The monoisotopic (exact) mass is 363 g/mol. The molecule has 4 rings (SSSR count). The van der Waals surface area contributed by atoms with E-state index in [1.165, 1.54) is 0 Å². The molecule has 0 aliphatic carbocycles. The summed E-state index contributed by atoms with van der Waals surface area (Å²) >= 11 is 1.61. The van der Waals surface area contributed by atoms with Crippen molar-refractivity contribution in [2.45, 2.75) is 10.9 Å². The molecule has 0 saturated carbocycles. The lowest BCUT2D eigenvalue weighted by Gasteiger charge is -2.08. The lowest BCUT2D eigenvalue weighted by molar-refractivity contribution is 0.414. The van der Waals surface area contributed by atoms with Crippen LogP contribution in [0.4, 0.5) is 0 Å². The summed E-state index contributed by atoms with van der Waals surface area (Å²) in [6.07, 6.45) is 3.73. The number of aromatic nitrogens is 3. The quantitative estimate of drug-likeness (QED) is 0.459. The van der Waals surface area contributed by atoms with Crippen LogP contribution in [0.1, 0.15) is 5.69 Å². The second-order valence-electron chi connectivity index (χ2n) is 5.62. The van der Waals surface area contributed by atoms with E-state index in [2.05, 4.69) is 10.1 Å². The van der Waals surface area contributed by atoms with Crippen molar-refractivity contribution in [2.75, 3.05) is 7.11 Å². The number of benzene rings is 2. The van der Waals surface area contributed by atoms with Crippen LogP contribution in [-0.4, -0.2) is 21.8 Å². The molecule has 0 spiro atoms. The van der Waals surface area contributed by atoms with Crippen LogP contribution in [0.3, 0.4) is 0 Å². The minimum atomic E-state index is 0.678. The van der Waals surface area contributed by atoms with E-state index in [-0.39, 0.29) is 0 Å². The van der Waals surface area contributed by atoms with Gasteiger partial charge in [-0.3, -0.25) is 4.57 Å². The average Bonchev–Trinajstić information content (AvgIpc) is 3.36. The summed E-state index contributed by atoms with van der Waals surface area (Å²) in [6, 6.07) is 19.8. The number of methoxy groups -OCH3 is 1. The molecule has 0 aliphatic rings. The number of thioether (sulfide) groups is 1. The minimum Gasteiger partial charge on any atom is -0.497 e. The van der Waals surface area contributed by atoms with Crippen LogP contribution in [-0.2, 0) is 5.75 Å². The number of imidazole rings is 1. The molecule has 26 heavy (non-hydrogen) atoms. The highest BCUT2D eigenvalue weighted by atomic mass is 32.2. The van der Waals surface area contributed by atoms with Crippen LogP contribution in [0.25, 0.3) is 17.0 Å². The van der Waals surface area contributed by atoms with E-state index in [0.717, 1.165) is 33.6 Å². The molecule has 0 radical (unpaired) electrons. The Hall–Kier alpha value is -2.99. The van der Waals surface area contributed by atoms with Gasteiger partial charge in [-0.15, -0.1) is 0 Å². The van der Waals surface area contributed by atoms with Gasteiger partial charge in [0, 0.05) is 35.8 Å². The zero-order chi connectivity index (χ0) is 17.8. The number of ether oxygens (including phenoxy) is 1. The third-order valence-electron chi connectivity index (χ3n) is 3.90. The predicted molar refractivity (Wildman–Crippen MR) is 102 cm³/mol. The van der Waals surface area contributed by atoms with Crippen molar-refractivity contribution in [1.29, 1.82) is 0 Å². The van der Waals surface area contributed by atoms with Gasteiger partial charge in [0.2, 0.25) is 0 Å². The molecule has 2 heterocycles. The third-order valence-corrected chi connectivity index (χ3v) is 4.91. The zero-order valence-electron chi connectivity index (χ0n) is 14.2. The largest absolute Gasteiger partial charge is 0.497 e. The van der Waals surface area contributed by atoms with Gasteiger partial charge in [-0.25, -0.2) is 4.98 Å². The summed E-state index contributed by atoms with van der Waals surface area (Å²) in [5.74, 6) is 2.27. The summed E-state index contributed by atoms with van der Waals surface area (Å²) < 4.78 is 12.8. The summed E-state index contributed by atoms with van der Waals surface area (Å²) in [5, 5.41) is 5.06. The van der Waals surface area contributed by atoms with Crippen molar-refractivity contribution < 1.29 is 9.26 Å². The van der Waals surface area contributed by atoms with Gasteiger partial charge in [0.05, 0.1) is 18.5 Å². The summed E-state index contributed by atoms with van der Waals surface area (Å²) in [4.78, 5) is 4.45. The first-order chi connectivity index (χ1) is 12.8. The van der Waals surface area contributed by atoms with E-state index in [1.807, 2.05) is 71.4 Å². The van der Waals surface area contributed by atoms with Gasteiger partial charge >= 0.3 is 0 Å². The van der Waals surface area contributed by atoms with Crippen LogP contribution in [0.2, 0.25) is 0 Å². The van der Waals surface area contributed by atoms with E-state index >= 15 is 0 Å². The van der Waals surface area contributed by atoms with E-state index in [1.54, 1.807) is 25.1 Å². The number of nitrogens with zero attached hydrogens (tertiary/aromatic N) is 3. The molecule has 2 aromatic carbocycles. The SMILES string of the molecule is COc1cccc(-n2ccnc2SCc2cc(-c3ccccc3)on2)c1. The summed E-state index contributed by atoms with van der Waals surface area (Å²) in [6.45, 7) is 0. The first-order valence-corrected chi connectivity index (χ1v) is 9.13. The van der Waals surface area contributed by atoms with Crippen LogP contribution in [0.5, 0.6) is 5.75 Å². The Bertz CT molecular complexity index is 995. The lowest BCUT2D eigenvalue weighted by Crippen LogP contribution is -1.96. The number of hydrogen-bond acceptors (Lipinski definition) is 5. The Labute approximate surface area is 155 Å². The molecule has 0 bridgehead atoms. The maximum absolute atomic E-state index is 5.46. The highest BCUT2D eigenvalue weighted by Crippen LogP contribution is 2.27. The highest BCUT2D eigenvalue weighted by Gasteiger charge is 2.10. The summed E-state index contributed by atoms with van der Waals surface area (Å²) in [5.41, 5.74) is 2.91. The Morgan fingerprint density at radius 3 is 2.81 bits per heavy atom. The number of rotatable bonds is 6. The van der Waals surface area contributed by atoms with Gasteiger partial charge in [0.15, 0.2) is 10.9 Å². The molecule has 5 nitrogen and oxygen atoms in total. The minimum absolute atomic E-state index is 0.678. The molecule has 0 fully saturated rings. The fourth-order valence-electron chi connectivity index (χ4n) is 2.61. The van der Waals surface area contributed by atoms with Gasteiger partial charge in [-0.05, 0) is 12.1 Å². The highest BCUT2D eigenvalue weighted by molar-refractivity contribution is 7.98. The molecular weight excluding hydrogens is 346 g/mol. The van der Waals surface area contributed by atoms with Gasteiger partial charge < -0.3 is 9.26 Å². The molecule has 0 unspecified atom stereocenters. The first-order valence-electron chi connectivity index (χ1n) is 8.15. The molecule has 0 N–H and O–H groups in total. The molecule has 6 heteroatoms. The van der Waals surface area contributed by atoms with Crippen molar-refractivity contribution in [2.24, 2.45) is 0 Å². The molecular formula is C20H17N3O2S. The molecule has 0 aliphatic heterocycles. The molecule has 0 atom stereocenters. The van der Waals surface area contributed by atoms with Crippen LogP contribution in [0.15, 0.2) is 82.7 Å². The Kier molecular flexibility index (Phi) is 4.75. The van der Waals surface area contributed by atoms with Crippen molar-refractivity contribution in [3.05, 3.63) is 78.8 Å². The molecule has 0 amide bonds. The molecule has 4 aromatic rings. The number of hydrogen-bond donors (Lipinski definition) is 0. The Balaban J connectivity index is 1.49. The summed E-state index contributed by atoms with van der Waals surface area (Å²) in [7, 11) is 1.66. The second kappa shape index (κ2) is 7.49.